The van der Waals surface area contributed by atoms with Crippen molar-refractivity contribution < 1.29 is 24.5 Å². The molecular weight excluding hydrogens is 354 g/mol. The molecule has 142 valence electrons. The number of nitrogens with zero attached hydrogens (tertiary/aromatic N) is 4. The van der Waals surface area contributed by atoms with Gasteiger partial charge in [-0.15, -0.1) is 0 Å². The van der Waals surface area contributed by atoms with Crippen LogP contribution in [0.3, 0.4) is 0 Å². The fourth-order valence-electron chi connectivity index (χ4n) is 3.46. The number of ether oxygens (including phenoxy) is 1. The summed E-state index contributed by atoms with van der Waals surface area (Å²) < 4.78 is 12.7. The summed E-state index contributed by atoms with van der Waals surface area (Å²) in [7, 11) is 0. The topological polar surface area (TPSA) is 153 Å². The molecular formula is C17H19N5O5. The summed E-state index contributed by atoms with van der Waals surface area (Å²) in [6, 6.07) is 0. The van der Waals surface area contributed by atoms with Gasteiger partial charge in [-0.25, -0.2) is 15.0 Å². The Hall–Kier alpha value is -2.79. The third-order valence-corrected chi connectivity index (χ3v) is 4.90. The van der Waals surface area contributed by atoms with Gasteiger partial charge in [0.05, 0.1) is 23.8 Å². The molecule has 1 aliphatic heterocycles. The molecule has 1 saturated heterocycles. The van der Waals surface area contributed by atoms with Gasteiger partial charge in [0.1, 0.15) is 36.3 Å². The van der Waals surface area contributed by atoms with Gasteiger partial charge < -0.3 is 34.8 Å². The van der Waals surface area contributed by atoms with Crippen molar-refractivity contribution in [3.8, 4) is 11.5 Å². The van der Waals surface area contributed by atoms with Gasteiger partial charge in [0, 0.05) is 6.20 Å². The maximum absolute atomic E-state index is 11.2. The van der Waals surface area contributed by atoms with E-state index >= 15 is 0 Å². The monoisotopic (exact) mass is 373 g/mol. The molecule has 1 aliphatic rings. The Labute approximate surface area is 153 Å². The van der Waals surface area contributed by atoms with Crippen LogP contribution in [-0.2, 0) is 4.74 Å². The van der Waals surface area contributed by atoms with Crippen molar-refractivity contribution in [2.45, 2.75) is 31.0 Å². The van der Waals surface area contributed by atoms with E-state index in [4.69, 9.17) is 14.9 Å². The van der Waals surface area contributed by atoms with E-state index in [-0.39, 0.29) is 17.3 Å². The molecule has 4 heterocycles. The predicted octanol–water partition coefficient (Wildman–Crippen LogP) is 0.226. The second kappa shape index (κ2) is 6.13. The standard InChI is InChI=1S/C17H19N5O5/c1-8(2)17(25)12(24)10(6-23)27-16(17)22-5-9(15-19-3-4-26-15)11-13(18)20-7-21-14(11)22/h3-5,7,10,12,16,23-25H,1,6H2,2H3,(H2,18,20,21). The Morgan fingerprint density at radius 1 is 1.41 bits per heavy atom. The summed E-state index contributed by atoms with van der Waals surface area (Å²) >= 11 is 0. The minimum absolute atomic E-state index is 0.197. The molecule has 27 heavy (non-hydrogen) atoms. The minimum Gasteiger partial charge on any atom is -0.444 e. The van der Waals surface area contributed by atoms with Crippen LogP contribution in [0.25, 0.3) is 22.5 Å². The molecule has 5 N–H and O–H groups in total. The highest BCUT2D eigenvalue weighted by Crippen LogP contribution is 2.45. The molecule has 0 bridgehead atoms. The molecule has 0 radical (unpaired) electrons. The van der Waals surface area contributed by atoms with Gasteiger partial charge in [-0.2, -0.15) is 0 Å². The first-order chi connectivity index (χ1) is 12.9. The third kappa shape index (κ3) is 2.38. The summed E-state index contributed by atoms with van der Waals surface area (Å²) in [5.74, 6) is 0.486. The van der Waals surface area contributed by atoms with E-state index in [0.717, 1.165) is 0 Å². The van der Waals surface area contributed by atoms with Gasteiger partial charge >= 0.3 is 0 Å². The summed E-state index contributed by atoms with van der Waals surface area (Å²) in [5, 5.41) is 31.7. The molecule has 1 fully saturated rings. The summed E-state index contributed by atoms with van der Waals surface area (Å²) in [6.07, 6.45) is 2.29. The zero-order valence-electron chi connectivity index (χ0n) is 14.5. The zero-order chi connectivity index (χ0) is 19.3. The first kappa shape index (κ1) is 17.6. The molecule has 0 amide bonds. The number of nitrogen functional groups attached to an aromatic ring is 1. The highest BCUT2D eigenvalue weighted by Gasteiger charge is 2.57. The fourth-order valence-corrected chi connectivity index (χ4v) is 3.46. The van der Waals surface area contributed by atoms with Crippen molar-refractivity contribution in [1.29, 1.82) is 0 Å². The Balaban J connectivity index is 1.97. The van der Waals surface area contributed by atoms with Crippen LogP contribution < -0.4 is 5.73 Å². The second-order valence-electron chi connectivity index (χ2n) is 6.50. The lowest BCUT2D eigenvalue weighted by molar-refractivity contribution is -0.0831. The van der Waals surface area contributed by atoms with Crippen molar-refractivity contribution in [3.05, 3.63) is 37.1 Å². The van der Waals surface area contributed by atoms with E-state index in [0.29, 0.717) is 16.6 Å². The molecule has 0 spiro atoms. The van der Waals surface area contributed by atoms with E-state index in [1.54, 1.807) is 13.1 Å². The molecule has 0 aliphatic carbocycles. The van der Waals surface area contributed by atoms with E-state index in [1.165, 1.54) is 23.4 Å². The highest BCUT2D eigenvalue weighted by atomic mass is 16.6. The third-order valence-electron chi connectivity index (χ3n) is 4.90. The van der Waals surface area contributed by atoms with Crippen LogP contribution in [-0.4, -0.2) is 59.3 Å². The normalized spacial score (nSPS) is 28.1. The number of hydrogen-bond donors (Lipinski definition) is 4. The van der Waals surface area contributed by atoms with Crippen LogP contribution >= 0.6 is 0 Å². The van der Waals surface area contributed by atoms with Crippen molar-refractivity contribution in [1.82, 2.24) is 19.5 Å². The Morgan fingerprint density at radius 3 is 2.81 bits per heavy atom. The lowest BCUT2D eigenvalue weighted by Gasteiger charge is -2.32. The highest BCUT2D eigenvalue weighted by molar-refractivity contribution is 5.99. The van der Waals surface area contributed by atoms with Gasteiger partial charge in [-0.1, -0.05) is 6.58 Å². The first-order valence-electron chi connectivity index (χ1n) is 8.23. The number of aliphatic hydroxyl groups excluding tert-OH is 2. The molecule has 10 heteroatoms. The Kier molecular flexibility index (Phi) is 4.00. The lowest BCUT2D eigenvalue weighted by Crippen LogP contribution is -2.47. The molecule has 4 atom stereocenters. The van der Waals surface area contributed by atoms with Crippen LogP contribution in [0.1, 0.15) is 13.2 Å². The first-order valence-corrected chi connectivity index (χ1v) is 8.23. The quantitative estimate of drug-likeness (QED) is 0.471. The molecule has 3 aromatic rings. The SMILES string of the molecule is C=C(C)C1(O)C(O)C(CO)OC1n1cc(-c2ncco2)c2c(N)ncnc21. The number of aliphatic hydroxyl groups is 3. The second-order valence-corrected chi connectivity index (χ2v) is 6.50. The van der Waals surface area contributed by atoms with Crippen LogP contribution in [0.5, 0.6) is 0 Å². The minimum atomic E-state index is -1.85. The van der Waals surface area contributed by atoms with Crippen molar-refractivity contribution in [2.24, 2.45) is 0 Å². The average Bonchev–Trinajstić information content (AvgIpc) is 3.34. The molecule has 4 rings (SSSR count). The van der Waals surface area contributed by atoms with E-state index in [1.807, 2.05) is 0 Å². The Morgan fingerprint density at radius 2 is 2.19 bits per heavy atom. The van der Waals surface area contributed by atoms with Crippen LogP contribution in [0, 0.1) is 0 Å². The lowest BCUT2D eigenvalue weighted by atomic mass is 9.87. The zero-order valence-corrected chi connectivity index (χ0v) is 14.5. The summed E-state index contributed by atoms with van der Waals surface area (Å²) in [5.41, 5.74) is 5.32. The fraction of sp³-hybridized carbons (Fsp3) is 0.353. The molecule has 3 aromatic heterocycles. The maximum atomic E-state index is 11.2. The van der Waals surface area contributed by atoms with Gasteiger partial charge in [0.2, 0.25) is 5.89 Å². The average molecular weight is 373 g/mol. The number of fused-ring (bicyclic) bond motifs is 1. The molecule has 0 saturated carbocycles. The molecule has 4 unspecified atom stereocenters. The largest absolute Gasteiger partial charge is 0.444 e. The summed E-state index contributed by atoms with van der Waals surface area (Å²) in [6.45, 7) is 4.88. The molecule has 0 aromatic carbocycles. The van der Waals surface area contributed by atoms with Gasteiger partial charge in [-0.3, -0.25) is 0 Å². The van der Waals surface area contributed by atoms with Crippen LogP contribution in [0.2, 0.25) is 0 Å². The van der Waals surface area contributed by atoms with Gasteiger partial charge in [0.15, 0.2) is 11.8 Å². The predicted molar refractivity (Wildman–Crippen MR) is 94.2 cm³/mol. The van der Waals surface area contributed by atoms with Crippen molar-refractivity contribution in [3.63, 3.8) is 0 Å². The Bertz CT molecular complexity index is 1000. The number of aromatic nitrogens is 4. The number of nitrogens with two attached hydrogens (primary N) is 1. The number of hydrogen-bond acceptors (Lipinski definition) is 9. The summed E-state index contributed by atoms with van der Waals surface area (Å²) in [4.78, 5) is 12.4. The maximum Gasteiger partial charge on any atom is 0.228 e. The van der Waals surface area contributed by atoms with E-state index < -0.39 is 30.6 Å². The smallest absolute Gasteiger partial charge is 0.228 e. The molecule has 10 nitrogen and oxygen atoms in total. The van der Waals surface area contributed by atoms with E-state index in [2.05, 4.69) is 21.5 Å². The van der Waals surface area contributed by atoms with Gasteiger partial charge in [0.25, 0.3) is 0 Å². The number of oxazole rings is 1. The van der Waals surface area contributed by atoms with Crippen LogP contribution in [0.4, 0.5) is 5.82 Å². The van der Waals surface area contributed by atoms with Crippen molar-refractivity contribution >= 4 is 16.9 Å². The van der Waals surface area contributed by atoms with Gasteiger partial charge in [-0.05, 0) is 12.5 Å². The van der Waals surface area contributed by atoms with Crippen LogP contribution in [0.15, 0.2) is 41.6 Å². The van der Waals surface area contributed by atoms with Crippen molar-refractivity contribution in [2.75, 3.05) is 12.3 Å². The number of anilines is 1. The number of rotatable bonds is 4. The van der Waals surface area contributed by atoms with E-state index in [9.17, 15) is 15.3 Å².